The summed E-state index contributed by atoms with van der Waals surface area (Å²) in [5.74, 6) is -1.64. The van der Waals surface area contributed by atoms with Gasteiger partial charge >= 0.3 is 5.97 Å². The van der Waals surface area contributed by atoms with E-state index in [1.165, 1.54) is 6.42 Å². The quantitative estimate of drug-likeness (QED) is 0.609. The highest BCUT2D eigenvalue weighted by atomic mass is 16.4. The summed E-state index contributed by atoms with van der Waals surface area (Å²) in [7, 11) is 0. The molecule has 0 aliphatic heterocycles. The lowest BCUT2D eigenvalue weighted by molar-refractivity contribution is -0.145. The number of hydrogen-bond donors (Lipinski definition) is 3. The molecule has 7 heteroatoms. The lowest BCUT2D eigenvalue weighted by Crippen LogP contribution is -2.56. The van der Waals surface area contributed by atoms with Crippen LogP contribution in [-0.2, 0) is 24.2 Å². The first kappa shape index (κ1) is 23.8. The number of aromatic hydroxyl groups is 1. The highest BCUT2D eigenvalue weighted by Crippen LogP contribution is 2.33. The number of aliphatic carboxylic acids is 1. The minimum absolute atomic E-state index is 0.231. The molecule has 3 aliphatic carbocycles. The number of pyridine rings is 1. The Balaban J connectivity index is 1.75. The number of nitrogens with one attached hydrogen (secondary N) is 1. The number of carboxylic acids is 1. The molecular weight excluding hydrogens is 420 g/mol. The highest BCUT2D eigenvalue weighted by molar-refractivity contribution is 6.00. The Kier molecular flexibility index (Phi) is 7.45. The van der Waals surface area contributed by atoms with Crippen molar-refractivity contribution in [1.82, 2.24) is 9.88 Å². The van der Waals surface area contributed by atoms with Crippen molar-refractivity contribution >= 4 is 11.9 Å². The van der Waals surface area contributed by atoms with Gasteiger partial charge in [0.05, 0.1) is 0 Å². The highest BCUT2D eigenvalue weighted by Gasteiger charge is 2.42. The maximum absolute atomic E-state index is 13.7. The van der Waals surface area contributed by atoms with Crippen LogP contribution in [0.4, 0.5) is 0 Å². The summed E-state index contributed by atoms with van der Waals surface area (Å²) in [6.07, 6.45) is 14.1. The molecule has 0 atom stereocenters. The van der Waals surface area contributed by atoms with Crippen molar-refractivity contribution in [2.45, 2.75) is 115 Å². The van der Waals surface area contributed by atoms with Gasteiger partial charge in [-0.3, -0.25) is 9.59 Å². The zero-order chi connectivity index (χ0) is 23.4. The second-order valence-corrected chi connectivity index (χ2v) is 10.4. The topological polar surface area (TPSA) is 109 Å². The molecule has 33 heavy (non-hydrogen) atoms. The lowest BCUT2D eigenvalue weighted by Gasteiger charge is -2.34. The second-order valence-electron chi connectivity index (χ2n) is 10.4. The molecule has 1 aromatic rings. The minimum Gasteiger partial charge on any atom is -0.507 e. The molecule has 3 N–H and O–H groups in total. The first-order valence-corrected chi connectivity index (χ1v) is 13.0. The lowest BCUT2D eigenvalue weighted by atomic mass is 9.81. The van der Waals surface area contributed by atoms with Crippen LogP contribution >= 0.6 is 0 Å². The maximum atomic E-state index is 13.7. The third kappa shape index (κ3) is 4.97. The minimum atomic E-state index is -1.37. The predicted molar refractivity (Wildman–Crippen MR) is 126 cm³/mol. The fraction of sp³-hybridized carbons (Fsp3) is 0.731. The average molecular weight is 459 g/mol. The normalized spacial score (nSPS) is 21.5. The zero-order valence-corrected chi connectivity index (χ0v) is 19.7. The molecule has 182 valence electrons. The molecule has 2 fully saturated rings. The van der Waals surface area contributed by atoms with Crippen LogP contribution in [0.25, 0.3) is 0 Å². The number of amides is 1. The molecule has 1 heterocycles. The molecular formula is C26H38N2O5. The fourth-order valence-electron chi connectivity index (χ4n) is 6.16. The van der Waals surface area contributed by atoms with Crippen LogP contribution in [0.2, 0.25) is 0 Å². The van der Waals surface area contributed by atoms with Crippen molar-refractivity contribution in [3.8, 4) is 5.75 Å². The summed E-state index contributed by atoms with van der Waals surface area (Å²) < 4.78 is 1.76. The number of aromatic nitrogens is 1. The Morgan fingerprint density at radius 2 is 1.52 bits per heavy atom. The van der Waals surface area contributed by atoms with Crippen LogP contribution in [0.1, 0.15) is 112 Å². The van der Waals surface area contributed by atoms with Gasteiger partial charge in [-0.25, -0.2) is 4.79 Å². The summed E-state index contributed by atoms with van der Waals surface area (Å²) in [5, 5.41) is 23.7. The Morgan fingerprint density at radius 3 is 2.18 bits per heavy atom. The van der Waals surface area contributed by atoms with E-state index in [2.05, 4.69) is 5.32 Å². The van der Waals surface area contributed by atoms with Crippen LogP contribution in [0.15, 0.2) is 4.79 Å². The summed E-state index contributed by atoms with van der Waals surface area (Å²) in [5.41, 5.74) is -0.511. The number of nitrogens with zero attached hydrogens (tertiary/aromatic N) is 1. The first-order valence-electron chi connectivity index (χ1n) is 13.0. The standard InChI is InChI=1S/C26H38N2O5/c29-22-19-13-7-1-2-8-14-20(19)28(17-18-11-5-3-6-12-18)24(31)21(22)23(30)27-26(25(32)33)15-9-4-10-16-26/h18,29H,1-17H2,(H,27,30)(H,32,33). The van der Waals surface area contributed by atoms with Crippen molar-refractivity contribution in [3.05, 3.63) is 27.2 Å². The monoisotopic (exact) mass is 458 g/mol. The number of carbonyl (C=O) groups excluding carboxylic acids is 1. The SMILES string of the molecule is O=C(NC1(C(=O)O)CCCCC1)c1c(O)c2c(n(CC3CCCCC3)c1=O)CCCCCC2. The summed E-state index contributed by atoms with van der Waals surface area (Å²) in [6.45, 7) is 0.575. The van der Waals surface area contributed by atoms with E-state index in [0.717, 1.165) is 69.9 Å². The van der Waals surface area contributed by atoms with E-state index in [9.17, 15) is 24.6 Å². The van der Waals surface area contributed by atoms with Crippen LogP contribution in [0.3, 0.4) is 0 Å². The van der Waals surface area contributed by atoms with Crippen LogP contribution in [-0.4, -0.2) is 32.2 Å². The van der Waals surface area contributed by atoms with Gasteiger partial charge in [0.2, 0.25) is 0 Å². The van der Waals surface area contributed by atoms with Gasteiger partial charge in [-0.05, 0) is 57.3 Å². The molecule has 2 saturated carbocycles. The van der Waals surface area contributed by atoms with E-state index in [1.54, 1.807) is 4.57 Å². The Morgan fingerprint density at radius 1 is 0.909 bits per heavy atom. The van der Waals surface area contributed by atoms with E-state index in [-0.39, 0.29) is 11.3 Å². The molecule has 4 rings (SSSR count). The molecule has 0 bridgehead atoms. The van der Waals surface area contributed by atoms with Crippen molar-refractivity contribution in [2.24, 2.45) is 5.92 Å². The molecule has 3 aliphatic rings. The third-order valence-corrected chi connectivity index (χ3v) is 8.11. The molecule has 7 nitrogen and oxygen atoms in total. The molecule has 0 aromatic carbocycles. The van der Waals surface area contributed by atoms with Crippen molar-refractivity contribution in [3.63, 3.8) is 0 Å². The van der Waals surface area contributed by atoms with Gasteiger partial charge in [-0.2, -0.15) is 0 Å². The van der Waals surface area contributed by atoms with E-state index < -0.39 is 23.0 Å². The van der Waals surface area contributed by atoms with Crippen LogP contribution < -0.4 is 10.9 Å². The first-order chi connectivity index (χ1) is 15.9. The average Bonchev–Trinajstić information content (AvgIpc) is 2.78. The predicted octanol–water partition coefficient (Wildman–Crippen LogP) is 4.31. The largest absolute Gasteiger partial charge is 0.507 e. The van der Waals surface area contributed by atoms with Crippen LogP contribution in [0.5, 0.6) is 5.75 Å². The Labute approximate surface area is 195 Å². The van der Waals surface area contributed by atoms with Gasteiger partial charge in [-0.1, -0.05) is 51.4 Å². The summed E-state index contributed by atoms with van der Waals surface area (Å²) in [6, 6.07) is 0. The van der Waals surface area contributed by atoms with Gasteiger partial charge in [0.1, 0.15) is 16.9 Å². The van der Waals surface area contributed by atoms with Crippen molar-refractivity contribution < 1.29 is 19.8 Å². The molecule has 1 aromatic heterocycles. The maximum Gasteiger partial charge on any atom is 0.329 e. The smallest absolute Gasteiger partial charge is 0.329 e. The molecule has 0 unspecified atom stereocenters. The number of carbonyl (C=O) groups is 2. The van der Waals surface area contributed by atoms with E-state index in [1.807, 2.05) is 0 Å². The Bertz CT molecular complexity index is 939. The van der Waals surface area contributed by atoms with Gasteiger partial charge in [0, 0.05) is 17.8 Å². The molecule has 0 saturated heterocycles. The van der Waals surface area contributed by atoms with Gasteiger partial charge in [0.25, 0.3) is 11.5 Å². The van der Waals surface area contributed by atoms with E-state index >= 15 is 0 Å². The zero-order valence-electron chi connectivity index (χ0n) is 19.7. The fourth-order valence-corrected chi connectivity index (χ4v) is 6.16. The second kappa shape index (κ2) is 10.3. The van der Waals surface area contributed by atoms with Gasteiger partial charge in [-0.15, -0.1) is 0 Å². The molecule has 0 spiro atoms. The van der Waals surface area contributed by atoms with Crippen molar-refractivity contribution in [2.75, 3.05) is 0 Å². The number of hydrogen-bond acceptors (Lipinski definition) is 4. The Hall–Kier alpha value is -2.31. The number of fused-ring (bicyclic) bond motifs is 1. The third-order valence-electron chi connectivity index (χ3n) is 8.11. The molecule has 0 radical (unpaired) electrons. The summed E-state index contributed by atoms with van der Waals surface area (Å²) in [4.78, 5) is 39.2. The number of rotatable bonds is 5. The number of carboxylic acid groups (broad SMARTS) is 1. The van der Waals surface area contributed by atoms with Gasteiger partial charge < -0.3 is 20.1 Å². The van der Waals surface area contributed by atoms with E-state index in [4.69, 9.17) is 0 Å². The summed E-state index contributed by atoms with van der Waals surface area (Å²) >= 11 is 0. The molecule has 1 amide bonds. The van der Waals surface area contributed by atoms with Crippen LogP contribution in [0, 0.1) is 5.92 Å². The van der Waals surface area contributed by atoms with Gasteiger partial charge in [0.15, 0.2) is 0 Å². The van der Waals surface area contributed by atoms with Crippen molar-refractivity contribution in [1.29, 1.82) is 0 Å². The van der Waals surface area contributed by atoms with E-state index in [0.29, 0.717) is 50.1 Å².